The summed E-state index contributed by atoms with van der Waals surface area (Å²) in [6.45, 7) is 6.57. The molecule has 0 aromatic rings. The Labute approximate surface area is 471 Å². The summed E-state index contributed by atoms with van der Waals surface area (Å²) >= 11 is 0. The van der Waals surface area contributed by atoms with Gasteiger partial charge in [0, 0.05) is 0 Å². The van der Waals surface area contributed by atoms with Gasteiger partial charge in [0.05, 0.1) is 18.4 Å². The van der Waals surface area contributed by atoms with Crippen LogP contribution in [0, 0.1) is 11.8 Å². The molecular weight excluding hydrogens is 1120 g/mol. The summed E-state index contributed by atoms with van der Waals surface area (Å²) in [6, 6.07) is 0. The lowest BCUT2D eigenvalue weighted by Gasteiger charge is -2.21. The van der Waals surface area contributed by atoms with E-state index in [-0.39, 0.29) is 30.8 Å². The van der Waals surface area contributed by atoms with Gasteiger partial charge < -0.3 is 28.4 Å². The van der Waals surface area contributed by atoms with Gasteiger partial charge in [0.1, 0.15) is 25.9 Å². The van der Waals surface area contributed by atoms with E-state index >= 15 is 0 Å². The average molecular weight is 1190 g/mol. The van der Waals surface area contributed by atoms with Gasteiger partial charge >= 0.3 is 60.5 Å². The molecule has 464 valence electrons. The van der Waals surface area contributed by atoms with Gasteiger partial charge in [-0.05, 0) is 103 Å². The smallest absolute Gasteiger partial charge is 0.463 e. The van der Waals surface area contributed by atoms with Crippen molar-refractivity contribution in [1.29, 1.82) is 0 Å². The molecule has 0 bridgehead atoms. The highest BCUT2D eigenvalue weighted by atomic mass is 19.4. The highest BCUT2D eigenvalue weighted by Crippen LogP contribution is 2.23. The number of ether oxygens (including phenoxy) is 6. The normalized spacial score (nSPS) is 15.1. The topological polar surface area (TPSA) is 161 Å². The van der Waals surface area contributed by atoms with Crippen molar-refractivity contribution in [1.82, 2.24) is 0 Å². The predicted molar refractivity (Wildman–Crippen MR) is 283 cm³/mol. The molecule has 0 radical (unpaired) electrons. The number of carbonyl (C=O) groups excluding carboxylic acids is 6. The molecule has 24 heteroatoms. The van der Waals surface area contributed by atoms with Gasteiger partial charge in [-0.25, -0.2) is 19.2 Å². The van der Waals surface area contributed by atoms with Crippen LogP contribution in [0.3, 0.4) is 0 Å². The third-order valence-electron chi connectivity index (χ3n) is 10.3. The molecule has 1 heterocycles. The molecular formula is C58H76F12O12. The number of esters is 6. The maximum absolute atomic E-state index is 12.5. The van der Waals surface area contributed by atoms with Gasteiger partial charge in [-0.15, -0.1) is 0 Å². The Hall–Kier alpha value is -6.46. The van der Waals surface area contributed by atoms with Crippen LogP contribution >= 0.6 is 0 Å². The molecule has 0 spiro atoms. The lowest BCUT2D eigenvalue weighted by molar-refractivity contribution is -0.221. The van der Waals surface area contributed by atoms with Gasteiger partial charge in [0.15, 0.2) is 6.10 Å². The van der Waals surface area contributed by atoms with Crippen molar-refractivity contribution >= 4 is 35.8 Å². The molecule has 1 fully saturated rings. The molecule has 3 atom stereocenters. The summed E-state index contributed by atoms with van der Waals surface area (Å²) in [5, 5.41) is 0. The number of alkyl halides is 12. The van der Waals surface area contributed by atoms with Gasteiger partial charge in [0.2, 0.25) is 0 Å². The van der Waals surface area contributed by atoms with Crippen LogP contribution in [0.25, 0.3) is 0 Å². The first-order valence-electron chi connectivity index (χ1n) is 26.5. The van der Waals surface area contributed by atoms with Crippen LogP contribution in [0.5, 0.6) is 0 Å². The van der Waals surface area contributed by atoms with E-state index < -0.39 is 79.8 Å². The zero-order valence-corrected chi connectivity index (χ0v) is 46.4. The minimum Gasteiger partial charge on any atom is -0.463 e. The van der Waals surface area contributed by atoms with Gasteiger partial charge in [-0.2, -0.15) is 52.7 Å². The minimum atomic E-state index is -5.62. The quantitative estimate of drug-likeness (QED) is 0.0148. The molecule has 3 unspecified atom stereocenters. The summed E-state index contributed by atoms with van der Waals surface area (Å²) in [7, 11) is 0. The van der Waals surface area contributed by atoms with Crippen LogP contribution in [0.4, 0.5) is 52.7 Å². The van der Waals surface area contributed by atoms with Gasteiger partial charge in [0.25, 0.3) is 0 Å². The molecule has 0 amide bonds. The Balaban J connectivity index is 0. The number of rotatable bonds is 35. The van der Waals surface area contributed by atoms with Crippen LogP contribution in [0.2, 0.25) is 0 Å². The lowest BCUT2D eigenvalue weighted by Crippen LogP contribution is -2.37. The third-order valence-corrected chi connectivity index (χ3v) is 10.3. The molecule has 0 aromatic heterocycles. The zero-order valence-electron chi connectivity index (χ0n) is 46.4. The lowest BCUT2D eigenvalue weighted by atomic mass is 10.0. The monoisotopic (exact) mass is 1190 g/mol. The highest BCUT2D eigenvalue weighted by molar-refractivity contribution is 5.90. The predicted octanol–water partition coefficient (Wildman–Crippen LogP) is 15.3. The zero-order chi connectivity index (χ0) is 62.3. The number of hydrogen-bond acceptors (Lipinski definition) is 12. The van der Waals surface area contributed by atoms with E-state index in [1.807, 2.05) is 31.2 Å². The van der Waals surface area contributed by atoms with E-state index in [1.54, 1.807) is 6.92 Å². The van der Waals surface area contributed by atoms with Gasteiger partial charge in [-0.1, -0.05) is 149 Å². The van der Waals surface area contributed by atoms with Crippen molar-refractivity contribution in [2.24, 2.45) is 11.8 Å². The van der Waals surface area contributed by atoms with E-state index in [4.69, 9.17) is 14.2 Å². The first-order chi connectivity index (χ1) is 38.6. The van der Waals surface area contributed by atoms with E-state index in [9.17, 15) is 81.5 Å². The summed E-state index contributed by atoms with van der Waals surface area (Å²) in [4.78, 5) is 65.6. The van der Waals surface area contributed by atoms with Crippen LogP contribution in [0.1, 0.15) is 130 Å². The summed E-state index contributed by atoms with van der Waals surface area (Å²) < 4.78 is 167. The second-order valence-electron chi connectivity index (χ2n) is 17.3. The van der Waals surface area contributed by atoms with E-state index in [1.165, 1.54) is 0 Å². The Morgan fingerprint density at radius 3 is 0.963 bits per heavy atom. The van der Waals surface area contributed by atoms with Crippen molar-refractivity contribution in [2.75, 3.05) is 26.4 Å². The maximum atomic E-state index is 12.5. The van der Waals surface area contributed by atoms with Crippen molar-refractivity contribution in [3.8, 4) is 0 Å². The molecule has 12 nitrogen and oxygen atoms in total. The largest absolute Gasteiger partial charge is 0.491 e. The highest BCUT2D eigenvalue weighted by Gasteiger charge is 2.49. The Bertz CT molecular complexity index is 2070. The van der Waals surface area contributed by atoms with Crippen LogP contribution in [-0.2, 0) is 57.2 Å². The Kier molecular flexibility index (Phi) is 43.6. The number of allylic oxidation sites excluding steroid dienone is 20. The van der Waals surface area contributed by atoms with E-state index in [2.05, 4.69) is 125 Å². The second-order valence-corrected chi connectivity index (χ2v) is 17.3. The van der Waals surface area contributed by atoms with Crippen molar-refractivity contribution < 1.29 is 110 Å². The molecule has 1 aliphatic heterocycles. The standard InChI is InChI=1S/C29H38F6O6.C25H38O3.C4F6O3/c1-3-5-6-7-8-9-10-11-12-13-14-15-16-17-18-19-20-23(4-2)25(36)41-24(21-39-26(37)28(30,31)32)22-40-27(38)29(33,34)35;1-3-5-6-7-8-9-10-11-12-13-14-15-16-17-18-19-20-23(4-2)25(26)28-22-24-21-27-24;5-3(6,7)1(11)13-2(12)4(8,9)10/h5-6,8-9,11-12,14-15,17-18,23-24H,3-4,7,10,13,16,19-22H2,1-2H3;5-6,8-9,11-12,14-15,17-18,23-24H,3-4,7,10,13,16,19-22H2,1-2H3;/b2*6-5-,9-8-,12-11-,15-14-,18-17-;. The number of epoxide rings is 1. The molecule has 0 saturated carbocycles. The average Bonchev–Trinajstić information content (AvgIpc) is 4.25. The van der Waals surface area contributed by atoms with Crippen molar-refractivity contribution in [2.45, 2.75) is 167 Å². The summed E-state index contributed by atoms with van der Waals surface area (Å²) in [5.74, 6) is -13.4. The molecule has 82 heavy (non-hydrogen) atoms. The molecule has 0 aromatic carbocycles. The minimum absolute atomic E-state index is 0.000737. The third kappa shape index (κ3) is 46.2. The SMILES string of the molecule is CC/C=C\C/C=C\C/C=C\C/C=C\C/C=C\CCC(CC)C(=O)OC(COC(=O)C(F)(F)F)COC(=O)C(F)(F)F.CC/C=C\C/C=C\C/C=C\C/C=C\C/C=C\CCC(CC)C(=O)OCC1CO1.O=C(OC(=O)C(F)(F)F)C(F)(F)F. The van der Waals surface area contributed by atoms with E-state index in [0.717, 1.165) is 83.7 Å². The summed E-state index contributed by atoms with van der Waals surface area (Å²) in [6.07, 6.45) is 31.5. The number of hydrogen-bond donors (Lipinski definition) is 0. The first-order valence-corrected chi connectivity index (χ1v) is 26.5. The Morgan fingerprint density at radius 1 is 0.415 bits per heavy atom. The van der Waals surface area contributed by atoms with Crippen LogP contribution in [0.15, 0.2) is 122 Å². The van der Waals surface area contributed by atoms with Crippen LogP contribution < -0.4 is 0 Å². The molecule has 0 N–H and O–H groups in total. The fourth-order valence-corrected chi connectivity index (χ4v) is 5.84. The molecule has 1 aliphatic rings. The Morgan fingerprint density at radius 2 is 0.695 bits per heavy atom. The molecule has 0 aliphatic carbocycles. The van der Waals surface area contributed by atoms with E-state index in [0.29, 0.717) is 19.4 Å². The molecule has 1 saturated heterocycles. The summed E-state index contributed by atoms with van der Waals surface area (Å²) in [5.41, 5.74) is 0. The first kappa shape index (κ1) is 77.6. The van der Waals surface area contributed by atoms with Crippen molar-refractivity contribution in [3.63, 3.8) is 0 Å². The fraction of sp³-hybridized carbons (Fsp3) is 0.552. The maximum Gasteiger partial charge on any atom is 0.491 e. The van der Waals surface area contributed by atoms with Gasteiger partial charge in [-0.3, -0.25) is 9.59 Å². The number of carbonyl (C=O) groups is 6. The second kappa shape index (κ2) is 46.1. The number of halogens is 12. The van der Waals surface area contributed by atoms with Crippen molar-refractivity contribution in [3.05, 3.63) is 122 Å². The fourth-order valence-electron chi connectivity index (χ4n) is 5.84. The van der Waals surface area contributed by atoms with Crippen LogP contribution in [-0.4, -0.2) is 99.2 Å². The molecule has 1 rings (SSSR count).